The lowest BCUT2D eigenvalue weighted by Gasteiger charge is -2.28. The van der Waals surface area contributed by atoms with E-state index in [-0.39, 0.29) is 17.3 Å². The zero-order valence-corrected chi connectivity index (χ0v) is 12.0. The number of ether oxygens (including phenoxy) is 1. The Morgan fingerprint density at radius 2 is 2.05 bits per heavy atom. The van der Waals surface area contributed by atoms with Crippen molar-refractivity contribution in [2.75, 3.05) is 26.0 Å². The number of amides is 1. The molecule has 0 spiro atoms. The molecular weight excluding hydrogens is 266 g/mol. The molecule has 0 aliphatic carbocycles. The molecule has 4 nitrogen and oxygen atoms in total. The van der Waals surface area contributed by atoms with Gasteiger partial charge in [-0.1, -0.05) is 6.92 Å². The van der Waals surface area contributed by atoms with Gasteiger partial charge in [0.1, 0.15) is 11.6 Å². The van der Waals surface area contributed by atoms with Gasteiger partial charge >= 0.3 is 0 Å². The smallest absolute Gasteiger partial charge is 0.257 e. The van der Waals surface area contributed by atoms with E-state index in [9.17, 15) is 13.6 Å². The van der Waals surface area contributed by atoms with E-state index in [0.29, 0.717) is 25.6 Å². The number of halogens is 2. The van der Waals surface area contributed by atoms with E-state index >= 15 is 0 Å². The summed E-state index contributed by atoms with van der Waals surface area (Å²) in [6.07, 6.45) is 0.716. The second-order valence-electron chi connectivity index (χ2n) is 4.60. The topological polar surface area (TPSA) is 55.6 Å². The molecule has 0 saturated carbocycles. The molecule has 0 aliphatic rings. The van der Waals surface area contributed by atoms with Crippen molar-refractivity contribution in [3.05, 3.63) is 29.3 Å². The molecule has 0 heterocycles. The number of nitrogen functional groups attached to an aromatic ring is 1. The minimum absolute atomic E-state index is 0.0803. The molecule has 112 valence electrons. The third-order valence-electron chi connectivity index (χ3n) is 3.24. The van der Waals surface area contributed by atoms with E-state index in [1.807, 2.05) is 13.8 Å². The molecule has 1 unspecified atom stereocenters. The maximum atomic E-state index is 13.8. The fraction of sp³-hybridized carbons (Fsp3) is 0.500. The molecule has 1 rings (SSSR count). The molecule has 1 amide bonds. The van der Waals surface area contributed by atoms with Crippen molar-refractivity contribution in [3.63, 3.8) is 0 Å². The summed E-state index contributed by atoms with van der Waals surface area (Å²) in [5.74, 6) is -2.29. The van der Waals surface area contributed by atoms with Crippen molar-refractivity contribution < 1.29 is 18.3 Å². The summed E-state index contributed by atoms with van der Waals surface area (Å²) in [4.78, 5) is 13.9. The number of hydrogen-bond donors (Lipinski definition) is 1. The normalized spacial score (nSPS) is 12.2. The molecule has 0 aromatic heterocycles. The van der Waals surface area contributed by atoms with Crippen LogP contribution in [0.4, 0.5) is 14.5 Å². The fourth-order valence-electron chi connectivity index (χ4n) is 1.82. The highest BCUT2D eigenvalue weighted by molar-refractivity contribution is 5.95. The first kappa shape index (κ1) is 16.4. The summed E-state index contributed by atoms with van der Waals surface area (Å²) < 4.78 is 31.9. The second kappa shape index (κ2) is 7.19. The van der Waals surface area contributed by atoms with Gasteiger partial charge < -0.3 is 15.4 Å². The Kier molecular flexibility index (Phi) is 5.88. The summed E-state index contributed by atoms with van der Waals surface area (Å²) in [6.45, 7) is 4.46. The van der Waals surface area contributed by atoms with Gasteiger partial charge in [-0.25, -0.2) is 8.78 Å². The van der Waals surface area contributed by atoms with E-state index in [0.717, 1.165) is 6.07 Å². The average molecular weight is 286 g/mol. The maximum Gasteiger partial charge on any atom is 0.257 e. The SMILES string of the molecule is CCC(C)N(CCOC)C(=O)c1cc(N)c(F)cc1F. The monoisotopic (exact) mass is 286 g/mol. The zero-order valence-electron chi connectivity index (χ0n) is 12.0. The van der Waals surface area contributed by atoms with Crippen molar-refractivity contribution in [2.24, 2.45) is 0 Å². The van der Waals surface area contributed by atoms with Crippen LogP contribution in [0, 0.1) is 11.6 Å². The average Bonchev–Trinajstić information content (AvgIpc) is 2.42. The standard InChI is InChI=1S/C14H20F2N2O2/c1-4-9(2)18(5-6-20-3)14(19)10-7-13(17)12(16)8-11(10)15/h7-9H,4-6,17H2,1-3H3. The van der Waals surface area contributed by atoms with Gasteiger partial charge in [-0.3, -0.25) is 4.79 Å². The van der Waals surface area contributed by atoms with Crippen molar-refractivity contribution >= 4 is 11.6 Å². The number of nitrogens with zero attached hydrogens (tertiary/aromatic N) is 1. The molecule has 0 saturated heterocycles. The molecule has 1 aromatic carbocycles. The highest BCUT2D eigenvalue weighted by atomic mass is 19.1. The molecular formula is C14H20F2N2O2. The molecule has 0 fully saturated rings. The van der Waals surface area contributed by atoms with Gasteiger partial charge in [-0.15, -0.1) is 0 Å². The quantitative estimate of drug-likeness (QED) is 0.817. The lowest BCUT2D eigenvalue weighted by atomic mass is 10.1. The predicted molar refractivity (Wildman–Crippen MR) is 73.4 cm³/mol. The minimum Gasteiger partial charge on any atom is -0.396 e. The van der Waals surface area contributed by atoms with E-state index in [2.05, 4.69) is 0 Å². The summed E-state index contributed by atoms with van der Waals surface area (Å²) in [6, 6.07) is 1.59. The Balaban J connectivity index is 3.08. The van der Waals surface area contributed by atoms with Crippen LogP contribution in [0.25, 0.3) is 0 Å². The van der Waals surface area contributed by atoms with Gasteiger partial charge in [0.05, 0.1) is 17.9 Å². The van der Waals surface area contributed by atoms with E-state index in [1.165, 1.54) is 12.0 Å². The van der Waals surface area contributed by atoms with Crippen molar-refractivity contribution in [2.45, 2.75) is 26.3 Å². The third-order valence-corrected chi connectivity index (χ3v) is 3.24. The fourth-order valence-corrected chi connectivity index (χ4v) is 1.82. The number of nitrogens with two attached hydrogens (primary N) is 1. The molecule has 6 heteroatoms. The Morgan fingerprint density at radius 1 is 1.40 bits per heavy atom. The van der Waals surface area contributed by atoms with Gasteiger partial charge in [0.15, 0.2) is 0 Å². The summed E-state index contributed by atoms with van der Waals surface area (Å²) in [5, 5.41) is 0. The van der Waals surface area contributed by atoms with Crippen LogP contribution in [0.15, 0.2) is 12.1 Å². The number of carbonyl (C=O) groups excluding carboxylic acids is 1. The number of anilines is 1. The lowest BCUT2D eigenvalue weighted by Crippen LogP contribution is -2.41. The largest absolute Gasteiger partial charge is 0.396 e. The molecule has 1 aromatic rings. The van der Waals surface area contributed by atoms with Crippen LogP contribution in [-0.2, 0) is 4.74 Å². The number of hydrogen-bond acceptors (Lipinski definition) is 3. The van der Waals surface area contributed by atoms with Gasteiger partial charge in [-0.05, 0) is 19.4 Å². The Morgan fingerprint density at radius 3 is 2.60 bits per heavy atom. The summed E-state index contributed by atoms with van der Waals surface area (Å²) in [7, 11) is 1.52. The highest BCUT2D eigenvalue weighted by Crippen LogP contribution is 2.19. The van der Waals surface area contributed by atoms with Crippen LogP contribution in [0.5, 0.6) is 0 Å². The van der Waals surface area contributed by atoms with Crippen LogP contribution in [-0.4, -0.2) is 37.1 Å². The number of rotatable bonds is 6. The van der Waals surface area contributed by atoms with Crippen molar-refractivity contribution in [3.8, 4) is 0 Å². The summed E-state index contributed by atoms with van der Waals surface area (Å²) in [5.41, 5.74) is 4.93. The molecule has 0 radical (unpaired) electrons. The molecule has 0 aliphatic heterocycles. The number of carbonyl (C=O) groups is 1. The number of methoxy groups -OCH3 is 1. The third kappa shape index (κ3) is 3.66. The summed E-state index contributed by atoms with van der Waals surface area (Å²) >= 11 is 0. The van der Waals surface area contributed by atoms with Crippen molar-refractivity contribution in [1.82, 2.24) is 4.90 Å². The van der Waals surface area contributed by atoms with E-state index < -0.39 is 17.5 Å². The van der Waals surface area contributed by atoms with Gasteiger partial charge in [-0.2, -0.15) is 0 Å². The lowest BCUT2D eigenvalue weighted by molar-refractivity contribution is 0.0609. The first-order valence-electron chi connectivity index (χ1n) is 6.46. The van der Waals surface area contributed by atoms with E-state index in [1.54, 1.807) is 0 Å². The first-order chi connectivity index (χ1) is 9.42. The van der Waals surface area contributed by atoms with Gasteiger partial charge in [0, 0.05) is 25.8 Å². The zero-order chi connectivity index (χ0) is 15.3. The van der Waals surface area contributed by atoms with Gasteiger partial charge in [0.2, 0.25) is 0 Å². The minimum atomic E-state index is -0.910. The Bertz CT molecular complexity index is 480. The Labute approximate surface area is 117 Å². The highest BCUT2D eigenvalue weighted by Gasteiger charge is 2.24. The maximum absolute atomic E-state index is 13.8. The van der Waals surface area contributed by atoms with Crippen LogP contribution >= 0.6 is 0 Å². The Hall–Kier alpha value is -1.69. The van der Waals surface area contributed by atoms with Gasteiger partial charge in [0.25, 0.3) is 5.91 Å². The van der Waals surface area contributed by atoms with E-state index in [4.69, 9.17) is 10.5 Å². The van der Waals surface area contributed by atoms with Crippen molar-refractivity contribution in [1.29, 1.82) is 0 Å². The molecule has 1 atom stereocenters. The van der Waals surface area contributed by atoms with Crippen LogP contribution in [0.1, 0.15) is 30.6 Å². The second-order valence-corrected chi connectivity index (χ2v) is 4.60. The predicted octanol–water partition coefficient (Wildman–Crippen LogP) is 2.43. The van der Waals surface area contributed by atoms with Crippen LogP contribution < -0.4 is 5.73 Å². The van der Waals surface area contributed by atoms with Crippen LogP contribution in [0.2, 0.25) is 0 Å². The molecule has 2 N–H and O–H groups in total. The molecule has 0 bridgehead atoms. The van der Waals surface area contributed by atoms with Crippen LogP contribution in [0.3, 0.4) is 0 Å². The molecule has 20 heavy (non-hydrogen) atoms. The first-order valence-corrected chi connectivity index (χ1v) is 6.46. The number of benzene rings is 1.